The summed E-state index contributed by atoms with van der Waals surface area (Å²) in [6.07, 6.45) is 5.36. The smallest absolute Gasteiger partial charge is 0.244 e. The van der Waals surface area contributed by atoms with Gasteiger partial charge in [-0.2, -0.15) is 0 Å². The monoisotopic (exact) mass is 611 g/mol. The Balaban J connectivity index is 1.70. The Bertz CT molecular complexity index is 1360. The molecule has 1 N–H and O–H groups in total. The Hall–Kier alpha value is -3.17. The van der Waals surface area contributed by atoms with Gasteiger partial charge in [-0.05, 0) is 42.2 Å². The molecule has 206 valence electrons. The number of amides is 2. The highest BCUT2D eigenvalue weighted by Gasteiger charge is 2.34. The van der Waals surface area contributed by atoms with E-state index >= 15 is 0 Å². The van der Waals surface area contributed by atoms with Gasteiger partial charge in [0.25, 0.3) is 0 Å². The van der Waals surface area contributed by atoms with Gasteiger partial charge in [0.15, 0.2) is 0 Å². The third kappa shape index (κ3) is 8.16. The number of nitrogens with zero attached hydrogens (tertiary/aromatic N) is 2. The van der Waals surface area contributed by atoms with Gasteiger partial charge in [-0.3, -0.25) is 13.9 Å². The third-order valence-corrected chi connectivity index (χ3v) is 8.58. The Morgan fingerprint density at radius 2 is 1.54 bits per heavy atom. The second-order valence-corrected chi connectivity index (χ2v) is 12.8. The fraction of sp³-hybridized carbons (Fsp3) is 0.333. The molecule has 0 aromatic heterocycles. The number of sulfonamides is 1. The Morgan fingerprint density at radius 3 is 2.13 bits per heavy atom. The summed E-state index contributed by atoms with van der Waals surface area (Å²) in [5.74, 6) is -0.671. The summed E-state index contributed by atoms with van der Waals surface area (Å²) < 4.78 is 27.5. The quantitative estimate of drug-likeness (QED) is 0.334. The maximum Gasteiger partial charge on any atom is 0.244 e. The van der Waals surface area contributed by atoms with Crippen LogP contribution < -0.4 is 9.62 Å². The molecule has 0 bridgehead atoms. The second-order valence-electron chi connectivity index (χ2n) is 9.95. The van der Waals surface area contributed by atoms with Crippen molar-refractivity contribution in [3.63, 3.8) is 0 Å². The van der Waals surface area contributed by atoms with E-state index in [1.54, 1.807) is 24.3 Å². The topological polar surface area (TPSA) is 86.8 Å². The van der Waals surface area contributed by atoms with Crippen LogP contribution in [0.4, 0.5) is 5.69 Å². The van der Waals surface area contributed by atoms with Gasteiger partial charge in [0.1, 0.15) is 12.6 Å². The Kier molecular flexibility index (Phi) is 9.80. The summed E-state index contributed by atoms with van der Waals surface area (Å²) in [5, 5.41) is 3.17. The highest BCUT2D eigenvalue weighted by atomic mass is 79.9. The summed E-state index contributed by atoms with van der Waals surface area (Å²) in [7, 11) is -3.80. The number of nitrogens with one attached hydrogen (secondary N) is 1. The lowest BCUT2D eigenvalue weighted by atomic mass is 10.0. The van der Waals surface area contributed by atoms with E-state index in [1.165, 1.54) is 4.90 Å². The third-order valence-electron chi connectivity index (χ3n) is 6.94. The molecule has 1 fully saturated rings. The van der Waals surface area contributed by atoms with E-state index < -0.39 is 28.5 Å². The molecule has 0 heterocycles. The Labute approximate surface area is 239 Å². The zero-order valence-corrected chi connectivity index (χ0v) is 24.4. The average molecular weight is 613 g/mol. The van der Waals surface area contributed by atoms with Crippen molar-refractivity contribution < 1.29 is 18.0 Å². The van der Waals surface area contributed by atoms with Crippen LogP contribution in [0.15, 0.2) is 89.4 Å². The van der Waals surface area contributed by atoms with Crippen LogP contribution in [0.5, 0.6) is 0 Å². The van der Waals surface area contributed by atoms with Crippen molar-refractivity contribution in [3.8, 4) is 0 Å². The first-order valence-electron chi connectivity index (χ1n) is 13.1. The van der Waals surface area contributed by atoms with Crippen LogP contribution in [0.25, 0.3) is 0 Å². The largest absolute Gasteiger partial charge is 0.352 e. The fourth-order valence-electron chi connectivity index (χ4n) is 4.95. The summed E-state index contributed by atoms with van der Waals surface area (Å²) in [4.78, 5) is 29.4. The van der Waals surface area contributed by atoms with Crippen molar-refractivity contribution >= 4 is 43.5 Å². The first kappa shape index (κ1) is 28.8. The van der Waals surface area contributed by atoms with Gasteiger partial charge >= 0.3 is 0 Å². The number of anilines is 1. The van der Waals surface area contributed by atoms with E-state index in [9.17, 15) is 18.0 Å². The molecule has 7 nitrogen and oxygen atoms in total. The first-order chi connectivity index (χ1) is 18.7. The summed E-state index contributed by atoms with van der Waals surface area (Å²) in [5.41, 5.74) is 2.14. The SMILES string of the molecule is CS(=O)(=O)N(CC(=O)N(Cc1ccccc1)C(Cc1ccccc1)C(=O)NC1CCCC1)c1cccc(Br)c1. The standard InChI is InChI=1S/C30H34BrN3O4S/c1-39(37,38)34(27-18-10-15-25(31)20-27)22-29(35)33(21-24-13-6-3-7-14-24)28(19-23-11-4-2-5-12-23)30(36)32-26-16-8-9-17-26/h2-7,10-15,18,20,26,28H,8-9,16-17,19,21-22H2,1H3,(H,32,36). The van der Waals surface area contributed by atoms with E-state index in [0.29, 0.717) is 16.6 Å². The zero-order chi connectivity index (χ0) is 27.8. The molecular weight excluding hydrogens is 578 g/mol. The van der Waals surface area contributed by atoms with Crippen LogP contribution in [0.3, 0.4) is 0 Å². The number of rotatable bonds is 11. The van der Waals surface area contributed by atoms with Crippen molar-refractivity contribution in [3.05, 3.63) is 101 Å². The predicted octanol–water partition coefficient (Wildman–Crippen LogP) is 4.91. The highest BCUT2D eigenvalue weighted by Crippen LogP contribution is 2.24. The fourth-order valence-corrected chi connectivity index (χ4v) is 6.18. The van der Waals surface area contributed by atoms with E-state index in [4.69, 9.17) is 0 Å². The maximum absolute atomic E-state index is 14.1. The molecule has 9 heteroatoms. The molecule has 2 amide bonds. The van der Waals surface area contributed by atoms with Gasteiger partial charge in [0.2, 0.25) is 21.8 Å². The number of carbonyl (C=O) groups is 2. The summed E-state index contributed by atoms with van der Waals surface area (Å²) in [6.45, 7) is -0.254. The van der Waals surface area contributed by atoms with Crippen LogP contribution in [0.1, 0.15) is 36.8 Å². The lowest BCUT2D eigenvalue weighted by molar-refractivity contribution is -0.140. The molecule has 1 unspecified atom stereocenters. The van der Waals surface area contributed by atoms with Crippen LogP contribution in [0, 0.1) is 0 Å². The zero-order valence-electron chi connectivity index (χ0n) is 22.0. The molecule has 3 aromatic rings. The predicted molar refractivity (Wildman–Crippen MR) is 158 cm³/mol. The molecule has 1 atom stereocenters. The minimum Gasteiger partial charge on any atom is -0.352 e. The lowest BCUT2D eigenvalue weighted by Crippen LogP contribution is -2.54. The van der Waals surface area contributed by atoms with Crippen LogP contribution in [-0.2, 0) is 32.6 Å². The van der Waals surface area contributed by atoms with Gasteiger partial charge in [0, 0.05) is 23.5 Å². The molecule has 1 saturated carbocycles. The molecule has 0 saturated heterocycles. The van der Waals surface area contributed by atoms with Crippen LogP contribution in [0.2, 0.25) is 0 Å². The van der Waals surface area contributed by atoms with Crippen molar-refractivity contribution in [2.45, 2.75) is 50.7 Å². The molecular formula is C30H34BrN3O4S. The van der Waals surface area contributed by atoms with Crippen LogP contribution in [-0.4, -0.2) is 50.0 Å². The van der Waals surface area contributed by atoms with Crippen molar-refractivity contribution in [2.24, 2.45) is 0 Å². The van der Waals surface area contributed by atoms with Gasteiger partial charge in [-0.15, -0.1) is 0 Å². The number of carbonyl (C=O) groups excluding carboxylic acids is 2. The number of hydrogen-bond donors (Lipinski definition) is 1. The molecule has 4 rings (SSSR count). The normalized spacial score (nSPS) is 14.5. The van der Waals surface area contributed by atoms with E-state index in [0.717, 1.165) is 47.4 Å². The van der Waals surface area contributed by atoms with Gasteiger partial charge in [-0.1, -0.05) is 95.5 Å². The molecule has 0 radical (unpaired) electrons. The minimum absolute atomic E-state index is 0.0821. The molecule has 0 spiro atoms. The highest BCUT2D eigenvalue weighted by molar-refractivity contribution is 9.10. The molecule has 3 aromatic carbocycles. The molecule has 39 heavy (non-hydrogen) atoms. The second kappa shape index (κ2) is 13.3. The summed E-state index contributed by atoms with van der Waals surface area (Å²) in [6, 6.07) is 25.1. The molecule has 1 aliphatic carbocycles. The Morgan fingerprint density at radius 1 is 0.923 bits per heavy atom. The van der Waals surface area contributed by atoms with E-state index in [2.05, 4.69) is 21.2 Å². The van der Waals surface area contributed by atoms with Crippen molar-refractivity contribution in [2.75, 3.05) is 17.1 Å². The first-order valence-corrected chi connectivity index (χ1v) is 15.8. The lowest BCUT2D eigenvalue weighted by Gasteiger charge is -2.34. The van der Waals surface area contributed by atoms with E-state index in [-0.39, 0.29) is 18.5 Å². The minimum atomic E-state index is -3.80. The van der Waals surface area contributed by atoms with E-state index in [1.807, 2.05) is 60.7 Å². The van der Waals surface area contributed by atoms with Crippen LogP contribution >= 0.6 is 15.9 Å². The number of halogens is 1. The maximum atomic E-state index is 14.1. The number of hydrogen-bond acceptors (Lipinski definition) is 4. The number of benzene rings is 3. The van der Waals surface area contributed by atoms with Gasteiger partial charge in [0.05, 0.1) is 11.9 Å². The van der Waals surface area contributed by atoms with Crippen molar-refractivity contribution in [1.82, 2.24) is 10.2 Å². The van der Waals surface area contributed by atoms with Gasteiger partial charge in [-0.25, -0.2) is 8.42 Å². The van der Waals surface area contributed by atoms with Gasteiger partial charge < -0.3 is 10.2 Å². The molecule has 1 aliphatic rings. The molecule has 0 aliphatic heterocycles. The average Bonchev–Trinajstić information content (AvgIpc) is 3.42. The van der Waals surface area contributed by atoms with Crippen molar-refractivity contribution in [1.29, 1.82) is 0 Å². The summed E-state index contributed by atoms with van der Waals surface area (Å²) >= 11 is 3.39.